The Hall–Kier alpha value is -5.46. The van der Waals surface area contributed by atoms with Crippen LogP contribution in [0.5, 0.6) is 17.2 Å². The van der Waals surface area contributed by atoms with Crippen LogP contribution in [0.25, 0.3) is 21.9 Å². The molecule has 2 saturated heterocycles. The quantitative estimate of drug-likeness (QED) is 0.156. The second-order valence-electron chi connectivity index (χ2n) is 15.7. The highest BCUT2D eigenvalue weighted by Gasteiger charge is 2.22. The van der Waals surface area contributed by atoms with Crippen molar-refractivity contribution in [1.29, 1.82) is 0 Å². The van der Waals surface area contributed by atoms with E-state index in [9.17, 15) is 14.7 Å². The number of phenolic OH excluding ortho intramolecular Hbond substituents is 1. The molecular formula is C47H52N4O7. The van der Waals surface area contributed by atoms with Crippen LogP contribution >= 0.6 is 0 Å². The Kier molecular flexibility index (Phi) is 11.9. The van der Waals surface area contributed by atoms with Gasteiger partial charge in [-0.05, 0) is 83.5 Å². The molecule has 2 aromatic heterocycles. The molecule has 6 aromatic rings. The van der Waals surface area contributed by atoms with Gasteiger partial charge in [0, 0.05) is 108 Å². The lowest BCUT2D eigenvalue weighted by atomic mass is 10.0. The molecule has 302 valence electrons. The number of benzene rings is 4. The van der Waals surface area contributed by atoms with Gasteiger partial charge in [-0.1, -0.05) is 49.4 Å². The van der Waals surface area contributed by atoms with Gasteiger partial charge in [-0.2, -0.15) is 0 Å². The molecule has 11 heteroatoms. The summed E-state index contributed by atoms with van der Waals surface area (Å²) in [5, 5.41) is 12.1. The SMILES string of the molecule is CCc1cc2c(CN3CCN(Cc4ccccc4)CC3)cc(=O)oc2cc1O.Cc1cc(C)c2oc(=O)cc(CN3CCN(Cc4ccc5c(c4)OCO5)CC3)c2c1. The molecule has 0 spiro atoms. The van der Waals surface area contributed by atoms with Crippen molar-refractivity contribution in [2.24, 2.45) is 0 Å². The van der Waals surface area contributed by atoms with Crippen LogP contribution in [0.4, 0.5) is 0 Å². The molecule has 0 aliphatic carbocycles. The second kappa shape index (κ2) is 17.6. The van der Waals surface area contributed by atoms with Gasteiger partial charge in [-0.15, -0.1) is 0 Å². The molecule has 3 aliphatic heterocycles. The molecule has 58 heavy (non-hydrogen) atoms. The van der Waals surface area contributed by atoms with E-state index in [-0.39, 0.29) is 17.0 Å². The maximum Gasteiger partial charge on any atom is 0.336 e. The second-order valence-corrected chi connectivity index (χ2v) is 15.7. The molecule has 0 saturated carbocycles. The summed E-state index contributed by atoms with van der Waals surface area (Å²) in [5.74, 6) is 1.85. The number of fused-ring (bicyclic) bond motifs is 3. The Bertz CT molecular complexity index is 2500. The van der Waals surface area contributed by atoms with Crippen LogP contribution in [0.15, 0.2) is 103 Å². The number of aryl methyl sites for hydroxylation is 3. The van der Waals surface area contributed by atoms with E-state index in [2.05, 4.69) is 75.1 Å². The van der Waals surface area contributed by atoms with Crippen molar-refractivity contribution in [1.82, 2.24) is 19.6 Å². The molecule has 3 aliphatic rings. The smallest absolute Gasteiger partial charge is 0.336 e. The Morgan fingerprint density at radius 1 is 0.569 bits per heavy atom. The summed E-state index contributed by atoms with van der Waals surface area (Å²) < 4.78 is 21.7. The average molecular weight is 785 g/mol. The Morgan fingerprint density at radius 2 is 1.16 bits per heavy atom. The van der Waals surface area contributed by atoms with Crippen molar-refractivity contribution in [3.05, 3.63) is 145 Å². The number of hydrogen-bond acceptors (Lipinski definition) is 11. The normalized spacial score (nSPS) is 16.5. The number of ether oxygens (including phenoxy) is 2. The van der Waals surface area contributed by atoms with Crippen LogP contribution in [-0.2, 0) is 32.6 Å². The summed E-state index contributed by atoms with van der Waals surface area (Å²) in [5.41, 5.74) is 8.20. The highest BCUT2D eigenvalue weighted by atomic mass is 16.7. The van der Waals surface area contributed by atoms with E-state index in [1.54, 1.807) is 18.2 Å². The summed E-state index contributed by atoms with van der Waals surface area (Å²) >= 11 is 0. The first-order chi connectivity index (χ1) is 28.2. The Balaban J connectivity index is 0.000000162. The minimum atomic E-state index is -0.367. The van der Waals surface area contributed by atoms with E-state index in [1.807, 2.05) is 32.0 Å². The third-order valence-electron chi connectivity index (χ3n) is 11.5. The Labute approximate surface area is 338 Å². The lowest BCUT2D eigenvalue weighted by Gasteiger charge is -2.34. The average Bonchev–Trinajstić information content (AvgIpc) is 3.68. The molecular weight excluding hydrogens is 733 g/mol. The minimum absolute atomic E-state index is 0.185. The van der Waals surface area contributed by atoms with E-state index >= 15 is 0 Å². The molecule has 0 unspecified atom stereocenters. The van der Waals surface area contributed by atoms with Crippen molar-refractivity contribution in [2.45, 2.75) is 53.4 Å². The third kappa shape index (κ3) is 9.29. The number of rotatable bonds is 9. The zero-order valence-electron chi connectivity index (χ0n) is 33.7. The molecule has 0 atom stereocenters. The van der Waals surface area contributed by atoms with Gasteiger partial charge >= 0.3 is 11.3 Å². The minimum Gasteiger partial charge on any atom is -0.508 e. The Morgan fingerprint density at radius 3 is 1.81 bits per heavy atom. The van der Waals surface area contributed by atoms with Crippen LogP contribution in [0.2, 0.25) is 0 Å². The molecule has 4 aromatic carbocycles. The molecule has 0 amide bonds. The van der Waals surface area contributed by atoms with Gasteiger partial charge in [0.25, 0.3) is 0 Å². The van der Waals surface area contributed by atoms with E-state index in [4.69, 9.17) is 18.3 Å². The van der Waals surface area contributed by atoms with Crippen LogP contribution in [-0.4, -0.2) is 83.9 Å². The molecule has 1 N–H and O–H groups in total. The first kappa shape index (κ1) is 39.4. The molecule has 2 fully saturated rings. The highest BCUT2D eigenvalue weighted by molar-refractivity contribution is 5.84. The first-order valence-corrected chi connectivity index (χ1v) is 20.3. The van der Waals surface area contributed by atoms with Crippen LogP contribution in [0, 0.1) is 13.8 Å². The zero-order valence-corrected chi connectivity index (χ0v) is 33.7. The molecule has 11 nitrogen and oxygen atoms in total. The van der Waals surface area contributed by atoms with Crippen molar-refractivity contribution in [2.75, 3.05) is 59.2 Å². The summed E-state index contributed by atoms with van der Waals surface area (Å²) in [7, 11) is 0. The molecule has 9 rings (SSSR count). The number of aromatic hydroxyl groups is 1. The van der Waals surface area contributed by atoms with Gasteiger partial charge < -0.3 is 23.4 Å². The fourth-order valence-electron chi connectivity index (χ4n) is 8.36. The predicted molar refractivity (Wildman–Crippen MR) is 226 cm³/mol. The van der Waals surface area contributed by atoms with Gasteiger partial charge in [-0.3, -0.25) is 19.6 Å². The van der Waals surface area contributed by atoms with Crippen molar-refractivity contribution in [3.63, 3.8) is 0 Å². The van der Waals surface area contributed by atoms with Gasteiger partial charge in [0.2, 0.25) is 6.79 Å². The van der Waals surface area contributed by atoms with Gasteiger partial charge in [0.05, 0.1) is 0 Å². The molecule has 5 heterocycles. The van der Waals surface area contributed by atoms with Crippen LogP contribution in [0.3, 0.4) is 0 Å². The monoisotopic (exact) mass is 784 g/mol. The number of nitrogens with zero attached hydrogens (tertiary/aromatic N) is 4. The van der Waals surface area contributed by atoms with Crippen molar-refractivity contribution in [3.8, 4) is 17.2 Å². The largest absolute Gasteiger partial charge is 0.508 e. The van der Waals surface area contributed by atoms with Gasteiger partial charge in [0.15, 0.2) is 11.5 Å². The zero-order chi connectivity index (χ0) is 40.2. The standard InChI is InChI=1S/C24H26N2O4.C23H26N2O3/c1-16-9-17(2)24-20(10-16)19(12-23(27)30-24)14-26-7-5-25(6-8-26)13-18-3-4-21-22(11-18)29-15-28-21;1-2-18-12-20-19(13-23(27)28-22(20)14-21(18)26)16-25-10-8-24(9-11-25)15-17-6-4-3-5-7-17/h3-4,9-12H,5-8,13-15H2,1-2H3;3-7,12-14,26H,2,8-11,15-16H2,1H3. The summed E-state index contributed by atoms with van der Waals surface area (Å²) in [6.07, 6.45) is 0.735. The van der Waals surface area contributed by atoms with Crippen molar-refractivity contribution >= 4 is 21.9 Å². The lowest BCUT2D eigenvalue weighted by Crippen LogP contribution is -2.45. The van der Waals surface area contributed by atoms with Crippen LogP contribution < -0.4 is 20.7 Å². The molecule has 0 radical (unpaired) electrons. The predicted octanol–water partition coefficient (Wildman–Crippen LogP) is 6.84. The lowest BCUT2D eigenvalue weighted by molar-refractivity contribution is 0.122. The topological polar surface area (TPSA) is 112 Å². The van der Waals surface area contributed by atoms with Crippen LogP contribution in [0.1, 0.15) is 45.9 Å². The number of piperazine rings is 2. The van der Waals surface area contributed by atoms with E-state index in [1.165, 1.54) is 16.7 Å². The molecule has 0 bridgehead atoms. The van der Waals surface area contributed by atoms with E-state index in [0.717, 1.165) is 129 Å². The van der Waals surface area contributed by atoms with Crippen molar-refractivity contribution < 1.29 is 23.4 Å². The summed E-state index contributed by atoms with van der Waals surface area (Å²) in [4.78, 5) is 33.8. The van der Waals surface area contributed by atoms with Gasteiger partial charge in [0.1, 0.15) is 16.9 Å². The summed E-state index contributed by atoms with van der Waals surface area (Å²) in [6.45, 7) is 17.6. The third-order valence-corrected chi connectivity index (χ3v) is 11.5. The number of hydrogen-bond donors (Lipinski definition) is 1. The van der Waals surface area contributed by atoms with Gasteiger partial charge in [-0.25, -0.2) is 9.59 Å². The first-order valence-electron chi connectivity index (χ1n) is 20.3. The summed E-state index contributed by atoms with van der Waals surface area (Å²) in [6, 6.07) is 27.7. The maximum atomic E-state index is 12.1. The maximum absolute atomic E-state index is 12.1. The van der Waals surface area contributed by atoms with E-state index < -0.39 is 0 Å². The van der Waals surface area contributed by atoms with E-state index in [0.29, 0.717) is 18.0 Å². The number of phenols is 1. The fourth-order valence-corrected chi connectivity index (χ4v) is 8.36. The highest BCUT2D eigenvalue weighted by Crippen LogP contribution is 2.33. The fraction of sp³-hybridized carbons (Fsp3) is 0.362.